The van der Waals surface area contributed by atoms with Crippen LogP contribution in [-0.2, 0) is 22.5 Å². The van der Waals surface area contributed by atoms with Gasteiger partial charge in [-0.1, -0.05) is 75.5 Å². The molecule has 1 N–H and O–H groups in total. The molecule has 0 spiro atoms. The first-order chi connectivity index (χ1) is 13.0. The van der Waals surface area contributed by atoms with E-state index in [4.69, 9.17) is 16.7 Å². The van der Waals surface area contributed by atoms with Crippen LogP contribution in [0, 0.1) is 11.8 Å². The fourth-order valence-electron chi connectivity index (χ4n) is 3.33. The molecule has 13 heteroatoms. The Bertz CT molecular complexity index is 626. The normalized spacial score (nSPS) is 29.1. The standard InChI is InChI=1S/C15H32BO6P3S3/c1-5-13-9-15(16)10-14(13)11-21-23(17,26-6-2)12-24(18,27-7-3)22-25(19,20)28-8-4/h13-15H,5-12H2,1-4H3,(H,19,20). The minimum Gasteiger partial charge on any atom is -0.320 e. The molecular weight excluding hydrogens is 476 g/mol. The highest BCUT2D eigenvalue weighted by Gasteiger charge is 2.42. The van der Waals surface area contributed by atoms with E-state index in [-0.39, 0.29) is 17.6 Å². The predicted molar refractivity (Wildman–Crippen MR) is 127 cm³/mol. The van der Waals surface area contributed by atoms with Gasteiger partial charge in [-0.15, -0.1) is 0 Å². The van der Waals surface area contributed by atoms with Crippen molar-refractivity contribution in [1.29, 1.82) is 0 Å². The molecule has 0 aromatic rings. The van der Waals surface area contributed by atoms with Gasteiger partial charge in [0.05, 0.1) is 14.5 Å². The van der Waals surface area contributed by atoms with E-state index in [0.29, 0.717) is 41.2 Å². The molecule has 0 aromatic heterocycles. The van der Waals surface area contributed by atoms with E-state index < -0.39 is 19.9 Å². The van der Waals surface area contributed by atoms with Gasteiger partial charge in [0.15, 0.2) is 0 Å². The summed E-state index contributed by atoms with van der Waals surface area (Å²) < 4.78 is 50.0. The molecule has 2 radical (unpaired) electrons. The highest BCUT2D eigenvalue weighted by Crippen LogP contribution is 2.80. The molecule has 0 aliphatic heterocycles. The molecule has 6 unspecified atom stereocenters. The smallest absolute Gasteiger partial charge is 0.320 e. The van der Waals surface area contributed by atoms with Gasteiger partial charge in [-0.25, -0.2) is 8.88 Å². The van der Waals surface area contributed by atoms with Crippen molar-refractivity contribution >= 4 is 61.9 Å². The summed E-state index contributed by atoms with van der Waals surface area (Å²) in [5, 5.41) is 0. The number of rotatable bonds is 14. The SMILES string of the molecule is [B]C1CC(CC)C(COP(=O)(CP(=O)(OP(=O)(O)SCC)SCC)SCC)C1. The first-order valence-electron chi connectivity index (χ1n) is 9.57. The van der Waals surface area contributed by atoms with Crippen LogP contribution in [0.2, 0.25) is 5.82 Å². The Labute approximate surface area is 183 Å². The first kappa shape index (κ1) is 27.7. The van der Waals surface area contributed by atoms with Crippen LogP contribution < -0.4 is 0 Å². The minimum atomic E-state index is -4.08. The van der Waals surface area contributed by atoms with Crippen molar-refractivity contribution in [3.63, 3.8) is 0 Å². The lowest BCUT2D eigenvalue weighted by Crippen LogP contribution is -2.13. The molecule has 0 amide bonds. The summed E-state index contributed by atoms with van der Waals surface area (Å²) >= 11 is 2.79. The lowest BCUT2D eigenvalue weighted by Gasteiger charge is -2.26. The summed E-state index contributed by atoms with van der Waals surface area (Å²) in [6.45, 7) is -3.35. The van der Waals surface area contributed by atoms with Gasteiger partial charge in [0, 0.05) is 5.75 Å². The van der Waals surface area contributed by atoms with Crippen molar-refractivity contribution in [1.82, 2.24) is 0 Å². The van der Waals surface area contributed by atoms with Crippen LogP contribution in [-0.4, -0.2) is 42.5 Å². The second kappa shape index (κ2) is 12.7. The highest BCUT2D eigenvalue weighted by atomic mass is 32.8. The Kier molecular flexibility index (Phi) is 12.5. The van der Waals surface area contributed by atoms with E-state index in [9.17, 15) is 18.6 Å². The number of hydrogen-bond donors (Lipinski definition) is 1. The molecule has 28 heavy (non-hydrogen) atoms. The average molecular weight is 508 g/mol. The van der Waals surface area contributed by atoms with Crippen molar-refractivity contribution in [3.8, 4) is 0 Å². The maximum atomic E-state index is 13.4. The summed E-state index contributed by atoms with van der Waals surface area (Å²) in [6, 6.07) is 0. The Balaban J connectivity index is 2.91. The van der Waals surface area contributed by atoms with Crippen LogP contribution in [0.5, 0.6) is 0 Å². The zero-order valence-electron chi connectivity index (χ0n) is 17.0. The molecule has 0 bridgehead atoms. The van der Waals surface area contributed by atoms with Crippen molar-refractivity contribution in [3.05, 3.63) is 0 Å². The summed E-state index contributed by atoms with van der Waals surface area (Å²) in [5.41, 5.74) is 0. The van der Waals surface area contributed by atoms with Gasteiger partial charge in [0.2, 0.25) is 0 Å². The maximum absolute atomic E-state index is 13.4. The lowest BCUT2D eigenvalue weighted by molar-refractivity contribution is 0.219. The number of hydrogen-bond acceptors (Lipinski definition) is 8. The largest absolute Gasteiger partial charge is 0.392 e. The molecule has 6 atom stereocenters. The molecule has 1 rings (SSSR count). The molecule has 0 heterocycles. The van der Waals surface area contributed by atoms with Crippen molar-refractivity contribution in [2.24, 2.45) is 11.8 Å². The third-order valence-electron chi connectivity index (χ3n) is 4.41. The van der Waals surface area contributed by atoms with Crippen LogP contribution >= 0.6 is 54.1 Å². The first-order valence-corrected chi connectivity index (χ1v) is 19.5. The molecule has 6 nitrogen and oxygen atoms in total. The van der Waals surface area contributed by atoms with Gasteiger partial charge in [-0.3, -0.25) is 9.13 Å². The van der Waals surface area contributed by atoms with Crippen LogP contribution in [0.4, 0.5) is 0 Å². The fraction of sp³-hybridized carbons (Fsp3) is 1.00. The van der Waals surface area contributed by atoms with Gasteiger partial charge >= 0.3 is 6.80 Å². The van der Waals surface area contributed by atoms with Crippen molar-refractivity contribution in [2.45, 2.75) is 52.8 Å². The molecular formula is C15H32BO6P3S3. The van der Waals surface area contributed by atoms with Gasteiger partial charge < -0.3 is 9.42 Å². The third kappa shape index (κ3) is 9.45. The quantitative estimate of drug-likeness (QED) is 0.195. The van der Waals surface area contributed by atoms with E-state index in [1.54, 1.807) is 13.8 Å². The molecule has 1 saturated carbocycles. The second-order valence-corrected chi connectivity index (χ2v) is 21.6. The van der Waals surface area contributed by atoms with Crippen LogP contribution in [0.3, 0.4) is 0 Å². The van der Waals surface area contributed by atoms with Crippen molar-refractivity contribution in [2.75, 3.05) is 29.8 Å². The van der Waals surface area contributed by atoms with Crippen molar-refractivity contribution < 1.29 is 27.4 Å². The zero-order valence-corrected chi connectivity index (χ0v) is 22.2. The van der Waals surface area contributed by atoms with Crippen LogP contribution in [0.25, 0.3) is 0 Å². The van der Waals surface area contributed by atoms with Gasteiger partial charge in [-0.05, 0) is 34.7 Å². The molecule has 1 aliphatic rings. The average Bonchev–Trinajstić information content (AvgIpc) is 2.92. The van der Waals surface area contributed by atoms with Crippen LogP contribution in [0.1, 0.15) is 47.0 Å². The fourth-order valence-corrected chi connectivity index (χ4v) is 21.5. The Morgan fingerprint density at radius 3 is 2.00 bits per heavy atom. The maximum Gasteiger partial charge on any atom is 0.392 e. The van der Waals surface area contributed by atoms with E-state index in [2.05, 4.69) is 6.92 Å². The van der Waals surface area contributed by atoms with Gasteiger partial charge in [-0.2, -0.15) is 0 Å². The second-order valence-electron chi connectivity index (χ2n) is 6.62. The highest BCUT2D eigenvalue weighted by molar-refractivity contribution is 8.65. The van der Waals surface area contributed by atoms with Crippen LogP contribution in [0.15, 0.2) is 0 Å². The Hall–Kier alpha value is 1.68. The van der Waals surface area contributed by atoms with E-state index >= 15 is 0 Å². The topological polar surface area (TPSA) is 89.9 Å². The summed E-state index contributed by atoms with van der Waals surface area (Å²) in [5.74, 6) is 1.74. The summed E-state index contributed by atoms with van der Waals surface area (Å²) in [7, 11) is 6.07. The van der Waals surface area contributed by atoms with Gasteiger partial charge in [0.1, 0.15) is 5.90 Å². The van der Waals surface area contributed by atoms with E-state index in [1.165, 1.54) is 0 Å². The third-order valence-corrected chi connectivity index (χ3v) is 20.7. The Morgan fingerprint density at radius 1 is 0.929 bits per heavy atom. The predicted octanol–water partition coefficient (Wildman–Crippen LogP) is 7.12. The van der Waals surface area contributed by atoms with E-state index in [0.717, 1.165) is 42.0 Å². The van der Waals surface area contributed by atoms with E-state index in [1.807, 2.05) is 6.92 Å². The molecule has 0 aromatic carbocycles. The lowest BCUT2D eigenvalue weighted by atomic mass is 9.85. The monoisotopic (exact) mass is 508 g/mol. The molecule has 164 valence electrons. The molecule has 0 saturated heterocycles. The van der Waals surface area contributed by atoms with Gasteiger partial charge in [0.25, 0.3) is 13.1 Å². The Morgan fingerprint density at radius 2 is 1.46 bits per heavy atom. The minimum absolute atomic E-state index is 0.133. The zero-order chi connectivity index (χ0) is 21.4. The summed E-state index contributed by atoms with van der Waals surface area (Å²) in [4.78, 5) is 9.96. The summed E-state index contributed by atoms with van der Waals surface area (Å²) in [6.07, 6.45) is 2.75. The molecule has 1 aliphatic carbocycles. The molecule has 1 fully saturated rings.